The average molecular weight is 358 g/mol. The van der Waals surface area contributed by atoms with Crippen LogP contribution in [-0.2, 0) is 0 Å². The Morgan fingerprint density at radius 2 is 2.00 bits per heavy atom. The average Bonchev–Trinajstić information content (AvgIpc) is 2.67. The maximum Gasteiger partial charge on any atom is 0.119 e. The van der Waals surface area contributed by atoms with Crippen LogP contribution in [0.2, 0.25) is 5.02 Å². The van der Waals surface area contributed by atoms with Gasteiger partial charge >= 0.3 is 0 Å². The molecule has 4 heteroatoms. The number of benzene rings is 2. The van der Waals surface area contributed by atoms with Crippen molar-refractivity contribution >= 4 is 17.2 Å². The Bertz CT molecular complexity index is 727. The summed E-state index contributed by atoms with van der Waals surface area (Å²) in [5, 5.41) is 11.2. The SMILES string of the molecule is COc1cccc(C(O)CCN2CC=C(c3ccc(Cl)cc3)CC2)c1. The molecule has 0 fully saturated rings. The molecule has 0 saturated carbocycles. The molecule has 3 rings (SSSR count). The highest BCUT2D eigenvalue weighted by Crippen LogP contribution is 2.25. The number of methoxy groups -OCH3 is 1. The summed E-state index contributed by atoms with van der Waals surface area (Å²) < 4.78 is 5.22. The maximum absolute atomic E-state index is 10.4. The van der Waals surface area contributed by atoms with Crippen molar-refractivity contribution in [2.24, 2.45) is 0 Å². The molecule has 25 heavy (non-hydrogen) atoms. The minimum absolute atomic E-state index is 0.461. The van der Waals surface area contributed by atoms with E-state index in [4.69, 9.17) is 16.3 Å². The number of aliphatic hydroxyl groups excluding tert-OH is 1. The standard InChI is InChI=1S/C21H24ClNO2/c1-25-20-4-2-3-18(15-20)21(24)11-14-23-12-9-17(10-13-23)16-5-7-19(22)8-6-16/h2-9,15,21,24H,10-14H2,1H3. The maximum atomic E-state index is 10.4. The molecule has 0 radical (unpaired) electrons. The van der Waals surface area contributed by atoms with Crippen LogP contribution < -0.4 is 4.74 Å². The summed E-state index contributed by atoms with van der Waals surface area (Å²) in [4.78, 5) is 2.38. The Labute approximate surface area is 154 Å². The van der Waals surface area contributed by atoms with Crippen molar-refractivity contribution in [3.63, 3.8) is 0 Å². The fourth-order valence-corrected chi connectivity index (χ4v) is 3.29. The second kappa shape index (κ2) is 8.52. The lowest BCUT2D eigenvalue weighted by Gasteiger charge is -2.27. The van der Waals surface area contributed by atoms with Gasteiger partial charge in [0, 0.05) is 24.7 Å². The highest BCUT2D eigenvalue weighted by Gasteiger charge is 2.15. The van der Waals surface area contributed by atoms with Gasteiger partial charge in [-0.2, -0.15) is 0 Å². The van der Waals surface area contributed by atoms with E-state index in [0.29, 0.717) is 0 Å². The molecule has 3 nitrogen and oxygen atoms in total. The highest BCUT2D eigenvalue weighted by molar-refractivity contribution is 6.30. The molecule has 0 bridgehead atoms. The molecule has 132 valence electrons. The topological polar surface area (TPSA) is 32.7 Å². The molecule has 2 aromatic rings. The van der Waals surface area contributed by atoms with E-state index in [-0.39, 0.29) is 0 Å². The molecule has 1 unspecified atom stereocenters. The molecular weight excluding hydrogens is 334 g/mol. The summed E-state index contributed by atoms with van der Waals surface area (Å²) >= 11 is 5.95. The summed E-state index contributed by atoms with van der Waals surface area (Å²) in [6.45, 7) is 2.81. The van der Waals surface area contributed by atoms with Crippen molar-refractivity contribution in [2.45, 2.75) is 18.9 Å². The lowest BCUT2D eigenvalue weighted by Crippen LogP contribution is -2.30. The van der Waals surface area contributed by atoms with E-state index >= 15 is 0 Å². The van der Waals surface area contributed by atoms with Gasteiger partial charge in [0.15, 0.2) is 0 Å². The van der Waals surface area contributed by atoms with Crippen molar-refractivity contribution in [2.75, 3.05) is 26.7 Å². The third kappa shape index (κ3) is 4.85. The summed E-state index contributed by atoms with van der Waals surface area (Å²) in [7, 11) is 1.64. The summed E-state index contributed by atoms with van der Waals surface area (Å²) in [6.07, 6.45) is 3.57. The molecule has 1 aliphatic rings. The fraction of sp³-hybridized carbons (Fsp3) is 0.333. The zero-order chi connectivity index (χ0) is 17.6. The highest BCUT2D eigenvalue weighted by atomic mass is 35.5. The van der Waals surface area contributed by atoms with Crippen LogP contribution in [0.1, 0.15) is 30.1 Å². The quantitative estimate of drug-likeness (QED) is 0.822. The van der Waals surface area contributed by atoms with E-state index in [2.05, 4.69) is 23.1 Å². The minimum atomic E-state index is -0.461. The molecule has 0 saturated heterocycles. The van der Waals surface area contributed by atoms with Crippen molar-refractivity contribution in [3.05, 3.63) is 70.8 Å². The lowest BCUT2D eigenvalue weighted by atomic mass is 9.99. The first-order valence-electron chi connectivity index (χ1n) is 8.65. The number of rotatable bonds is 6. The first-order valence-corrected chi connectivity index (χ1v) is 9.03. The molecule has 1 heterocycles. The van der Waals surface area contributed by atoms with Crippen LogP contribution in [0.4, 0.5) is 0 Å². The van der Waals surface area contributed by atoms with Crippen molar-refractivity contribution in [3.8, 4) is 5.75 Å². The van der Waals surface area contributed by atoms with Crippen LogP contribution in [0.3, 0.4) is 0 Å². The van der Waals surface area contributed by atoms with Gasteiger partial charge in [-0.25, -0.2) is 0 Å². The zero-order valence-corrected chi connectivity index (χ0v) is 15.2. The van der Waals surface area contributed by atoms with Crippen LogP contribution in [0.5, 0.6) is 5.75 Å². The van der Waals surface area contributed by atoms with Gasteiger partial charge < -0.3 is 9.84 Å². The number of halogens is 1. The van der Waals surface area contributed by atoms with Crippen LogP contribution in [-0.4, -0.2) is 36.8 Å². The second-order valence-corrected chi connectivity index (χ2v) is 6.80. The normalized spacial score (nSPS) is 16.4. The Kier molecular flexibility index (Phi) is 6.14. The second-order valence-electron chi connectivity index (χ2n) is 6.37. The van der Waals surface area contributed by atoms with Crippen LogP contribution in [0.25, 0.3) is 5.57 Å². The molecule has 0 aliphatic carbocycles. The van der Waals surface area contributed by atoms with E-state index in [1.165, 1.54) is 11.1 Å². The Morgan fingerprint density at radius 1 is 1.20 bits per heavy atom. The number of ether oxygens (including phenoxy) is 1. The predicted molar refractivity (Wildman–Crippen MR) is 103 cm³/mol. The Hall–Kier alpha value is -1.81. The Morgan fingerprint density at radius 3 is 2.68 bits per heavy atom. The van der Waals surface area contributed by atoms with Crippen LogP contribution in [0.15, 0.2) is 54.6 Å². The van der Waals surface area contributed by atoms with Gasteiger partial charge in [0.1, 0.15) is 5.75 Å². The van der Waals surface area contributed by atoms with Gasteiger partial charge in [-0.05, 0) is 53.8 Å². The molecule has 2 aromatic carbocycles. The molecule has 0 spiro atoms. The van der Waals surface area contributed by atoms with Gasteiger partial charge in [-0.15, -0.1) is 0 Å². The van der Waals surface area contributed by atoms with Crippen molar-refractivity contribution < 1.29 is 9.84 Å². The van der Waals surface area contributed by atoms with Gasteiger partial charge in [0.2, 0.25) is 0 Å². The summed E-state index contributed by atoms with van der Waals surface area (Å²) in [5.41, 5.74) is 3.54. The third-order valence-electron chi connectivity index (χ3n) is 4.71. The third-order valence-corrected chi connectivity index (χ3v) is 4.96. The number of hydrogen-bond acceptors (Lipinski definition) is 3. The van der Waals surface area contributed by atoms with Gasteiger partial charge in [-0.1, -0.05) is 41.9 Å². The number of aliphatic hydroxyl groups is 1. The zero-order valence-electron chi connectivity index (χ0n) is 14.5. The molecule has 0 amide bonds. The van der Waals surface area contributed by atoms with Gasteiger partial charge in [-0.3, -0.25) is 4.90 Å². The largest absolute Gasteiger partial charge is 0.497 e. The van der Waals surface area contributed by atoms with E-state index in [1.807, 2.05) is 36.4 Å². The summed E-state index contributed by atoms with van der Waals surface area (Å²) in [6, 6.07) is 15.7. The lowest BCUT2D eigenvalue weighted by molar-refractivity contribution is 0.145. The smallest absolute Gasteiger partial charge is 0.119 e. The molecule has 1 N–H and O–H groups in total. The van der Waals surface area contributed by atoms with Crippen molar-refractivity contribution in [1.82, 2.24) is 4.90 Å². The first-order chi connectivity index (χ1) is 12.2. The molecule has 0 aromatic heterocycles. The monoisotopic (exact) mass is 357 g/mol. The van der Waals surface area contributed by atoms with Gasteiger partial charge in [0.05, 0.1) is 13.2 Å². The van der Waals surface area contributed by atoms with E-state index in [0.717, 1.165) is 48.8 Å². The van der Waals surface area contributed by atoms with E-state index in [1.54, 1.807) is 7.11 Å². The number of hydrogen-bond donors (Lipinski definition) is 1. The van der Waals surface area contributed by atoms with Crippen LogP contribution in [0, 0.1) is 0 Å². The number of nitrogens with zero attached hydrogens (tertiary/aromatic N) is 1. The fourth-order valence-electron chi connectivity index (χ4n) is 3.16. The first kappa shape index (κ1) is 18.0. The molecule has 1 atom stereocenters. The summed E-state index contributed by atoms with van der Waals surface area (Å²) in [5.74, 6) is 0.782. The van der Waals surface area contributed by atoms with E-state index < -0.39 is 6.10 Å². The van der Waals surface area contributed by atoms with Crippen molar-refractivity contribution in [1.29, 1.82) is 0 Å². The predicted octanol–water partition coefficient (Wildman–Crippen LogP) is 4.56. The van der Waals surface area contributed by atoms with Crippen LogP contribution >= 0.6 is 11.6 Å². The van der Waals surface area contributed by atoms with Gasteiger partial charge in [0.25, 0.3) is 0 Å². The molecular formula is C21H24ClNO2. The minimum Gasteiger partial charge on any atom is -0.497 e. The molecule has 1 aliphatic heterocycles. The Balaban J connectivity index is 1.52. The van der Waals surface area contributed by atoms with E-state index in [9.17, 15) is 5.11 Å².